The standard InChI is InChI=1S/C23H21FN6O2/c24-17-6-8-19(9-7-17)32-15-21(31)28-10-12-29(13-11-28)22-20-14-27-30(23(20)26-16-25-22)18-4-2-1-3-5-18/h1-9,14,16H,10-13,15H2. The van der Waals surface area contributed by atoms with E-state index in [1.54, 1.807) is 22.1 Å². The maximum atomic E-state index is 13.0. The molecule has 32 heavy (non-hydrogen) atoms. The molecule has 1 saturated heterocycles. The minimum atomic E-state index is -0.340. The van der Waals surface area contributed by atoms with E-state index in [9.17, 15) is 9.18 Å². The van der Waals surface area contributed by atoms with Crippen LogP contribution in [0.15, 0.2) is 67.1 Å². The number of aromatic nitrogens is 4. The summed E-state index contributed by atoms with van der Waals surface area (Å²) in [6.45, 7) is 2.33. The number of para-hydroxylation sites is 1. The van der Waals surface area contributed by atoms with Gasteiger partial charge < -0.3 is 14.5 Å². The zero-order valence-electron chi connectivity index (χ0n) is 17.3. The third kappa shape index (κ3) is 3.96. The van der Waals surface area contributed by atoms with Gasteiger partial charge in [0.2, 0.25) is 0 Å². The fourth-order valence-electron chi connectivity index (χ4n) is 3.78. The van der Waals surface area contributed by atoms with Crippen LogP contribution in [0.1, 0.15) is 0 Å². The molecule has 162 valence electrons. The van der Waals surface area contributed by atoms with Crippen molar-refractivity contribution in [2.45, 2.75) is 0 Å². The second kappa shape index (κ2) is 8.62. The summed E-state index contributed by atoms with van der Waals surface area (Å²) in [6, 6.07) is 15.5. The van der Waals surface area contributed by atoms with Crippen molar-refractivity contribution < 1.29 is 13.9 Å². The average molecular weight is 432 g/mol. The highest BCUT2D eigenvalue weighted by Gasteiger charge is 2.24. The number of nitrogens with zero attached hydrogens (tertiary/aromatic N) is 6. The van der Waals surface area contributed by atoms with Gasteiger partial charge in [0.15, 0.2) is 12.3 Å². The monoisotopic (exact) mass is 432 g/mol. The highest BCUT2D eigenvalue weighted by Crippen LogP contribution is 2.25. The van der Waals surface area contributed by atoms with Gasteiger partial charge in [-0.15, -0.1) is 0 Å². The molecule has 1 amide bonds. The largest absolute Gasteiger partial charge is 0.484 e. The molecule has 1 aliphatic heterocycles. The van der Waals surface area contributed by atoms with E-state index in [-0.39, 0.29) is 18.3 Å². The van der Waals surface area contributed by atoms with Gasteiger partial charge in [-0.25, -0.2) is 19.0 Å². The third-order valence-corrected chi connectivity index (χ3v) is 5.45. The van der Waals surface area contributed by atoms with Crippen molar-refractivity contribution >= 4 is 22.8 Å². The molecule has 1 fully saturated rings. The van der Waals surface area contributed by atoms with Crippen molar-refractivity contribution in [2.75, 3.05) is 37.7 Å². The van der Waals surface area contributed by atoms with Crippen LogP contribution < -0.4 is 9.64 Å². The van der Waals surface area contributed by atoms with Crippen molar-refractivity contribution in [1.82, 2.24) is 24.6 Å². The molecule has 0 bridgehead atoms. The summed E-state index contributed by atoms with van der Waals surface area (Å²) in [4.78, 5) is 25.4. The van der Waals surface area contributed by atoms with Crippen LogP contribution in [0.2, 0.25) is 0 Å². The Morgan fingerprint density at radius 1 is 0.969 bits per heavy atom. The van der Waals surface area contributed by atoms with E-state index in [0.717, 1.165) is 22.5 Å². The number of carbonyl (C=O) groups is 1. The first-order valence-electron chi connectivity index (χ1n) is 10.3. The van der Waals surface area contributed by atoms with E-state index < -0.39 is 0 Å². The molecule has 4 aromatic rings. The highest BCUT2D eigenvalue weighted by atomic mass is 19.1. The second-order valence-electron chi connectivity index (χ2n) is 7.44. The van der Waals surface area contributed by atoms with Crippen LogP contribution in [0.25, 0.3) is 16.7 Å². The Bertz CT molecular complexity index is 1220. The topological polar surface area (TPSA) is 76.4 Å². The van der Waals surface area contributed by atoms with Crippen molar-refractivity contribution in [3.8, 4) is 11.4 Å². The second-order valence-corrected chi connectivity index (χ2v) is 7.44. The molecule has 0 aliphatic carbocycles. The molecule has 1 aliphatic rings. The summed E-state index contributed by atoms with van der Waals surface area (Å²) in [7, 11) is 0. The number of amides is 1. The molecular weight excluding hydrogens is 411 g/mol. The number of benzene rings is 2. The van der Waals surface area contributed by atoms with Crippen molar-refractivity contribution in [3.63, 3.8) is 0 Å². The summed E-state index contributed by atoms with van der Waals surface area (Å²) in [5, 5.41) is 5.38. The Morgan fingerprint density at radius 2 is 1.72 bits per heavy atom. The molecule has 5 rings (SSSR count). The number of anilines is 1. The molecule has 0 atom stereocenters. The molecule has 2 aromatic carbocycles. The fraction of sp³-hybridized carbons (Fsp3) is 0.217. The summed E-state index contributed by atoms with van der Waals surface area (Å²) >= 11 is 0. The quantitative estimate of drug-likeness (QED) is 0.483. The Morgan fingerprint density at radius 3 is 2.47 bits per heavy atom. The minimum Gasteiger partial charge on any atom is -0.484 e. The van der Waals surface area contributed by atoms with Gasteiger partial charge in [0.1, 0.15) is 23.7 Å². The lowest BCUT2D eigenvalue weighted by molar-refractivity contribution is -0.133. The van der Waals surface area contributed by atoms with Crippen LogP contribution >= 0.6 is 0 Å². The number of halogens is 1. The number of carbonyl (C=O) groups excluding carboxylic acids is 1. The average Bonchev–Trinajstić information content (AvgIpc) is 3.28. The Labute approximate surface area is 183 Å². The third-order valence-electron chi connectivity index (χ3n) is 5.45. The van der Waals surface area contributed by atoms with Crippen LogP contribution in [0, 0.1) is 5.82 Å². The van der Waals surface area contributed by atoms with Crippen LogP contribution in [0.3, 0.4) is 0 Å². The summed E-state index contributed by atoms with van der Waals surface area (Å²) in [5.41, 5.74) is 1.68. The first-order chi connectivity index (χ1) is 15.7. The summed E-state index contributed by atoms with van der Waals surface area (Å²) in [6.07, 6.45) is 3.33. The van der Waals surface area contributed by atoms with E-state index in [2.05, 4.69) is 20.0 Å². The van der Waals surface area contributed by atoms with Crippen molar-refractivity contribution in [3.05, 3.63) is 72.9 Å². The molecule has 8 nitrogen and oxygen atoms in total. The van der Waals surface area contributed by atoms with Gasteiger partial charge in [-0.2, -0.15) is 5.10 Å². The summed E-state index contributed by atoms with van der Waals surface area (Å²) in [5.74, 6) is 0.843. The van der Waals surface area contributed by atoms with Crippen LogP contribution in [-0.4, -0.2) is 63.3 Å². The predicted octanol–water partition coefficient (Wildman–Crippen LogP) is 2.68. The van der Waals surface area contributed by atoms with Crippen molar-refractivity contribution in [1.29, 1.82) is 0 Å². The molecule has 2 aromatic heterocycles. The molecule has 0 N–H and O–H groups in total. The van der Waals surface area contributed by atoms with Gasteiger partial charge in [-0.1, -0.05) is 18.2 Å². The maximum Gasteiger partial charge on any atom is 0.260 e. The normalized spacial score (nSPS) is 14.0. The lowest BCUT2D eigenvalue weighted by atomic mass is 10.2. The first kappa shape index (κ1) is 19.9. The maximum absolute atomic E-state index is 13.0. The molecular formula is C23H21FN6O2. The van der Waals surface area contributed by atoms with Crippen LogP contribution in [0.5, 0.6) is 5.75 Å². The molecule has 0 radical (unpaired) electrons. The lowest BCUT2D eigenvalue weighted by Gasteiger charge is -2.35. The number of hydrogen-bond acceptors (Lipinski definition) is 6. The molecule has 0 spiro atoms. The number of rotatable bonds is 5. The predicted molar refractivity (Wildman–Crippen MR) is 117 cm³/mol. The van der Waals surface area contributed by atoms with Gasteiger partial charge in [0.05, 0.1) is 17.3 Å². The molecule has 0 unspecified atom stereocenters. The Hall–Kier alpha value is -4.01. The van der Waals surface area contributed by atoms with Gasteiger partial charge in [0, 0.05) is 26.2 Å². The van der Waals surface area contributed by atoms with Gasteiger partial charge >= 0.3 is 0 Å². The van der Waals surface area contributed by atoms with Crippen LogP contribution in [0.4, 0.5) is 10.2 Å². The number of hydrogen-bond donors (Lipinski definition) is 0. The van der Waals surface area contributed by atoms with E-state index in [0.29, 0.717) is 31.9 Å². The first-order valence-corrected chi connectivity index (χ1v) is 10.3. The Balaban J connectivity index is 1.25. The van der Waals surface area contributed by atoms with Gasteiger partial charge in [-0.05, 0) is 36.4 Å². The van der Waals surface area contributed by atoms with Crippen LogP contribution in [-0.2, 0) is 4.79 Å². The molecule has 0 saturated carbocycles. The van der Waals surface area contributed by atoms with E-state index in [1.807, 2.05) is 30.3 Å². The van der Waals surface area contributed by atoms with Gasteiger partial charge in [0.25, 0.3) is 5.91 Å². The molecule has 9 heteroatoms. The SMILES string of the molecule is O=C(COc1ccc(F)cc1)N1CCN(c2ncnc3c2cnn3-c2ccccc2)CC1. The minimum absolute atomic E-state index is 0.0762. The number of fused-ring (bicyclic) bond motifs is 1. The van der Waals surface area contributed by atoms with E-state index >= 15 is 0 Å². The van der Waals surface area contributed by atoms with E-state index in [1.165, 1.54) is 24.3 Å². The highest BCUT2D eigenvalue weighted by molar-refractivity contribution is 5.88. The lowest BCUT2D eigenvalue weighted by Crippen LogP contribution is -2.50. The smallest absolute Gasteiger partial charge is 0.260 e. The number of piperazine rings is 1. The zero-order chi connectivity index (χ0) is 21.9. The summed E-state index contributed by atoms with van der Waals surface area (Å²) < 4.78 is 20.3. The number of ether oxygens (including phenoxy) is 1. The van der Waals surface area contributed by atoms with E-state index in [4.69, 9.17) is 4.74 Å². The molecule has 3 heterocycles. The Kier molecular flexibility index (Phi) is 5.37. The van der Waals surface area contributed by atoms with Gasteiger partial charge in [-0.3, -0.25) is 4.79 Å². The zero-order valence-corrected chi connectivity index (χ0v) is 17.3. The fourth-order valence-corrected chi connectivity index (χ4v) is 3.78. The van der Waals surface area contributed by atoms with Crippen molar-refractivity contribution in [2.24, 2.45) is 0 Å².